The molecule has 21 heavy (non-hydrogen) atoms. The van der Waals surface area contributed by atoms with Crippen LogP contribution in [0.4, 0.5) is 5.69 Å². The molecule has 0 heterocycles. The minimum atomic E-state index is -1.81. The largest absolute Gasteiger partial charge is 0.321 e. The van der Waals surface area contributed by atoms with E-state index in [2.05, 4.69) is 11.6 Å². The van der Waals surface area contributed by atoms with Gasteiger partial charge >= 0.3 is 0 Å². The quantitative estimate of drug-likeness (QED) is 0.690. The minimum absolute atomic E-state index is 0.302. The fourth-order valence-corrected chi connectivity index (χ4v) is 2.83. The molecule has 106 valence electrons. The third kappa shape index (κ3) is 3.79. The molecule has 7 heteroatoms. The van der Waals surface area contributed by atoms with Crippen LogP contribution in [-0.4, -0.2) is 20.1 Å². The summed E-state index contributed by atoms with van der Waals surface area (Å²) in [7, 11) is 0.0765. The van der Waals surface area contributed by atoms with Crippen molar-refractivity contribution in [2.75, 3.05) is 5.32 Å². The zero-order valence-electron chi connectivity index (χ0n) is 11.2. The van der Waals surface area contributed by atoms with Gasteiger partial charge < -0.3 is 5.32 Å². The standard InChI is InChI=1S/C14H11BCl2NO2P/c1-21(20)13-7-9(15)3-5-12(13)18-14(19)8-2-4-10(16)11(17)6-8/h2-7H,1,15H2,(H,18,19). The van der Waals surface area contributed by atoms with Crippen molar-refractivity contribution in [1.29, 1.82) is 0 Å². The van der Waals surface area contributed by atoms with E-state index in [1.54, 1.807) is 24.3 Å². The lowest BCUT2D eigenvalue weighted by Gasteiger charge is -2.09. The second-order valence-corrected chi connectivity index (χ2v) is 6.54. The van der Waals surface area contributed by atoms with Gasteiger partial charge in [-0.25, -0.2) is 0 Å². The van der Waals surface area contributed by atoms with E-state index in [-0.39, 0.29) is 5.91 Å². The predicted molar refractivity (Wildman–Crippen MR) is 93.4 cm³/mol. The molecular formula is C14H11BCl2NO2P. The number of hydrogen-bond donors (Lipinski definition) is 1. The SMILES string of the molecule is Bc1ccc(NC(=O)c2ccc(Cl)c(Cl)c2)c(P(=C)=O)c1. The smallest absolute Gasteiger partial charge is 0.255 e. The third-order valence-electron chi connectivity index (χ3n) is 2.85. The summed E-state index contributed by atoms with van der Waals surface area (Å²) in [6.07, 6.45) is 3.54. The van der Waals surface area contributed by atoms with Gasteiger partial charge in [0.1, 0.15) is 15.3 Å². The van der Waals surface area contributed by atoms with E-state index < -0.39 is 7.42 Å². The second-order valence-electron chi connectivity index (χ2n) is 4.48. The van der Waals surface area contributed by atoms with E-state index in [0.29, 0.717) is 26.6 Å². The molecule has 0 bridgehead atoms. The summed E-state index contributed by atoms with van der Waals surface area (Å²) in [5.74, 6) is -0.351. The first-order valence-corrected chi connectivity index (χ1v) is 8.23. The molecule has 0 aliphatic rings. The first-order chi connectivity index (χ1) is 9.88. The first-order valence-electron chi connectivity index (χ1n) is 6.03. The van der Waals surface area contributed by atoms with Crippen molar-refractivity contribution in [2.24, 2.45) is 0 Å². The van der Waals surface area contributed by atoms with E-state index in [9.17, 15) is 9.36 Å². The molecule has 0 fully saturated rings. The zero-order chi connectivity index (χ0) is 15.6. The molecule has 1 N–H and O–H groups in total. The average molecular weight is 338 g/mol. The number of nitrogens with one attached hydrogen (secondary N) is 1. The number of rotatable bonds is 3. The van der Waals surface area contributed by atoms with E-state index in [0.717, 1.165) is 5.46 Å². The first kappa shape index (κ1) is 15.9. The maximum absolute atomic E-state index is 12.2. The summed E-state index contributed by atoms with van der Waals surface area (Å²) < 4.78 is 11.7. The van der Waals surface area contributed by atoms with Gasteiger partial charge in [0.25, 0.3) is 5.91 Å². The molecule has 2 aromatic rings. The lowest BCUT2D eigenvalue weighted by molar-refractivity contribution is 0.102. The van der Waals surface area contributed by atoms with Crippen molar-refractivity contribution in [3.05, 3.63) is 52.0 Å². The van der Waals surface area contributed by atoms with E-state index in [1.165, 1.54) is 6.07 Å². The van der Waals surface area contributed by atoms with Crippen molar-refractivity contribution in [1.82, 2.24) is 0 Å². The van der Waals surface area contributed by atoms with Gasteiger partial charge in [-0.3, -0.25) is 9.36 Å². The van der Waals surface area contributed by atoms with Crippen LogP contribution in [0.1, 0.15) is 10.4 Å². The summed E-state index contributed by atoms with van der Waals surface area (Å²) in [6.45, 7) is 0. The van der Waals surface area contributed by atoms with Crippen molar-refractivity contribution in [3.8, 4) is 0 Å². The Labute approximate surface area is 134 Å². The van der Waals surface area contributed by atoms with Crippen molar-refractivity contribution < 1.29 is 9.36 Å². The van der Waals surface area contributed by atoms with Crippen LogP contribution in [0.25, 0.3) is 0 Å². The van der Waals surface area contributed by atoms with Gasteiger partial charge in [-0.05, 0) is 30.6 Å². The van der Waals surface area contributed by atoms with Crippen LogP contribution >= 0.6 is 30.6 Å². The Kier molecular flexibility index (Phi) is 4.94. The molecule has 0 radical (unpaired) electrons. The fraction of sp³-hybridized carbons (Fsp3) is 0. The Bertz CT molecular complexity index is 783. The monoisotopic (exact) mass is 337 g/mol. The third-order valence-corrected chi connectivity index (χ3v) is 4.50. The number of hydrogen-bond acceptors (Lipinski definition) is 2. The minimum Gasteiger partial charge on any atom is -0.321 e. The number of carbonyl (C=O) groups excluding carboxylic acids is 1. The summed E-state index contributed by atoms with van der Waals surface area (Å²) in [5.41, 5.74) is 1.80. The van der Waals surface area contributed by atoms with Gasteiger partial charge in [-0.2, -0.15) is 0 Å². The Morgan fingerprint density at radius 2 is 1.86 bits per heavy atom. The molecule has 3 nitrogen and oxygen atoms in total. The number of anilines is 1. The van der Waals surface area contributed by atoms with Crippen LogP contribution in [0.5, 0.6) is 0 Å². The van der Waals surface area contributed by atoms with Crippen LogP contribution in [0.2, 0.25) is 10.0 Å². The summed E-state index contributed by atoms with van der Waals surface area (Å²) in [6, 6.07) is 9.89. The molecule has 0 saturated carbocycles. The number of carbonyl (C=O) groups is 1. The van der Waals surface area contributed by atoms with E-state index in [1.807, 2.05) is 13.9 Å². The Hall–Kier alpha value is -1.48. The lowest BCUT2D eigenvalue weighted by atomic mass is 9.96. The van der Waals surface area contributed by atoms with Gasteiger partial charge in [0, 0.05) is 5.56 Å². The van der Waals surface area contributed by atoms with Crippen LogP contribution in [0.3, 0.4) is 0 Å². The average Bonchev–Trinajstić information content (AvgIpc) is 2.43. The van der Waals surface area contributed by atoms with Crippen LogP contribution in [0.15, 0.2) is 36.4 Å². The summed E-state index contributed by atoms with van der Waals surface area (Å²) in [5, 5.41) is 3.91. The number of benzene rings is 2. The molecule has 0 aromatic heterocycles. The fourth-order valence-electron chi connectivity index (χ4n) is 1.79. The lowest BCUT2D eigenvalue weighted by Crippen LogP contribution is -2.19. The van der Waals surface area contributed by atoms with Crippen LogP contribution < -0.4 is 16.1 Å². The maximum Gasteiger partial charge on any atom is 0.255 e. The molecule has 0 saturated heterocycles. The highest BCUT2D eigenvalue weighted by Gasteiger charge is 2.11. The van der Waals surface area contributed by atoms with Crippen LogP contribution in [0, 0.1) is 0 Å². The summed E-state index contributed by atoms with van der Waals surface area (Å²) in [4.78, 5) is 12.2. The highest BCUT2D eigenvalue weighted by atomic mass is 35.5. The molecule has 1 amide bonds. The van der Waals surface area contributed by atoms with Gasteiger partial charge in [-0.1, -0.05) is 40.8 Å². The second kappa shape index (κ2) is 6.53. The molecule has 1 unspecified atom stereocenters. The van der Waals surface area contributed by atoms with Gasteiger partial charge in [0.2, 0.25) is 0 Å². The molecule has 0 aliphatic heterocycles. The van der Waals surface area contributed by atoms with E-state index >= 15 is 0 Å². The van der Waals surface area contributed by atoms with Crippen molar-refractivity contribution >= 4 is 67.1 Å². The molecule has 1 atom stereocenters. The normalized spacial score (nSPS) is 11.0. The van der Waals surface area contributed by atoms with Gasteiger partial charge in [0.15, 0.2) is 0 Å². The topological polar surface area (TPSA) is 46.2 Å². The Morgan fingerprint density at radius 1 is 1.14 bits per heavy atom. The summed E-state index contributed by atoms with van der Waals surface area (Å²) >= 11 is 11.7. The molecule has 0 aliphatic carbocycles. The van der Waals surface area contributed by atoms with Gasteiger partial charge in [0.05, 0.1) is 21.0 Å². The van der Waals surface area contributed by atoms with Crippen LogP contribution in [-0.2, 0) is 4.57 Å². The number of amides is 1. The molecular weight excluding hydrogens is 327 g/mol. The van der Waals surface area contributed by atoms with Crippen molar-refractivity contribution in [3.63, 3.8) is 0 Å². The Morgan fingerprint density at radius 3 is 2.48 bits per heavy atom. The maximum atomic E-state index is 12.2. The van der Waals surface area contributed by atoms with Gasteiger partial charge in [-0.15, -0.1) is 0 Å². The predicted octanol–water partition coefficient (Wildman–Crippen LogP) is 2.39. The molecule has 0 spiro atoms. The number of halogens is 2. The van der Waals surface area contributed by atoms with Crippen molar-refractivity contribution in [2.45, 2.75) is 0 Å². The Balaban J connectivity index is 2.33. The highest BCUT2D eigenvalue weighted by molar-refractivity contribution is 7.52. The van der Waals surface area contributed by atoms with E-state index in [4.69, 9.17) is 23.2 Å². The molecule has 2 aromatic carbocycles. The zero-order valence-corrected chi connectivity index (χ0v) is 13.6. The highest BCUT2D eigenvalue weighted by Crippen LogP contribution is 2.23. The molecule has 2 rings (SSSR count).